The van der Waals surface area contributed by atoms with Crippen molar-refractivity contribution in [3.8, 4) is 5.75 Å². The predicted octanol–water partition coefficient (Wildman–Crippen LogP) is 4.88. The molecule has 3 aromatic rings. The van der Waals surface area contributed by atoms with Crippen LogP contribution < -0.4 is 20.3 Å². The van der Waals surface area contributed by atoms with Crippen LogP contribution in [0, 0.1) is 5.92 Å². The second-order valence-corrected chi connectivity index (χ2v) is 11.3. The van der Waals surface area contributed by atoms with Crippen molar-refractivity contribution in [3.63, 3.8) is 0 Å². The third-order valence-corrected chi connectivity index (χ3v) is 8.10. The SMILES string of the molecule is O=C(COc1ccc(Cl)cc1)Nc1ccc(N2CCC(Cc3ccccc3)CC2)c(C(=O)NCCN2CCOCC2)c1. The number of nitrogens with zero attached hydrogens (tertiary/aromatic N) is 2. The van der Waals surface area contributed by atoms with Crippen LogP contribution in [-0.4, -0.2) is 75.8 Å². The molecule has 42 heavy (non-hydrogen) atoms. The summed E-state index contributed by atoms with van der Waals surface area (Å²) in [6.07, 6.45) is 3.20. The largest absolute Gasteiger partial charge is 0.484 e. The molecule has 222 valence electrons. The summed E-state index contributed by atoms with van der Waals surface area (Å²) in [6.45, 7) is 6.12. The molecule has 0 saturated carbocycles. The van der Waals surface area contributed by atoms with Gasteiger partial charge >= 0.3 is 0 Å². The maximum Gasteiger partial charge on any atom is 0.262 e. The fourth-order valence-corrected chi connectivity index (χ4v) is 5.65. The number of amides is 2. The molecule has 2 amide bonds. The maximum absolute atomic E-state index is 13.5. The molecule has 0 aliphatic carbocycles. The number of carbonyl (C=O) groups excluding carboxylic acids is 2. The molecule has 0 unspecified atom stereocenters. The Morgan fingerprint density at radius 1 is 0.929 bits per heavy atom. The topological polar surface area (TPSA) is 83.1 Å². The van der Waals surface area contributed by atoms with E-state index in [1.54, 1.807) is 30.3 Å². The second kappa shape index (κ2) is 15.0. The Labute approximate surface area is 252 Å². The summed E-state index contributed by atoms with van der Waals surface area (Å²) in [5.41, 5.74) is 3.39. The molecule has 0 radical (unpaired) electrons. The van der Waals surface area contributed by atoms with Crippen LogP contribution in [0.2, 0.25) is 5.02 Å². The quantitative estimate of drug-likeness (QED) is 0.331. The summed E-state index contributed by atoms with van der Waals surface area (Å²) in [5.74, 6) is 0.728. The number of morpholine rings is 1. The van der Waals surface area contributed by atoms with Crippen molar-refractivity contribution >= 4 is 34.8 Å². The zero-order valence-electron chi connectivity index (χ0n) is 23.9. The van der Waals surface area contributed by atoms with E-state index < -0.39 is 0 Å². The lowest BCUT2D eigenvalue weighted by Crippen LogP contribution is -2.41. The van der Waals surface area contributed by atoms with Crippen LogP contribution in [0.1, 0.15) is 28.8 Å². The molecule has 2 fully saturated rings. The minimum Gasteiger partial charge on any atom is -0.484 e. The van der Waals surface area contributed by atoms with Gasteiger partial charge in [0.15, 0.2) is 6.61 Å². The number of halogens is 1. The standard InChI is InChI=1S/C33H39ClN4O4/c34-27-6-9-29(10-7-27)42-24-32(39)36-28-8-11-31(30(23-28)33(40)35-14-17-37-18-20-41-21-19-37)38-15-12-26(13-16-38)22-25-4-2-1-3-5-25/h1-11,23,26H,12-22,24H2,(H,35,40)(H,36,39). The van der Waals surface area contributed by atoms with Crippen molar-refractivity contribution in [1.82, 2.24) is 10.2 Å². The molecule has 2 aliphatic heterocycles. The summed E-state index contributed by atoms with van der Waals surface area (Å²) >= 11 is 5.92. The number of anilines is 2. The molecule has 2 saturated heterocycles. The van der Waals surface area contributed by atoms with Gasteiger partial charge in [0.05, 0.1) is 18.8 Å². The zero-order chi connectivity index (χ0) is 29.1. The molecule has 8 nitrogen and oxygen atoms in total. The highest BCUT2D eigenvalue weighted by Crippen LogP contribution is 2.30. The molecule has 3 aromatic carbocycles. The third kappa shape index (κ3) is 8.71. The van der Waals surface area contributed by atoms with Crippen LogP contribution in [0.15, 0.2) is 72.8 Å². The molecule has 0 aromatic heterocycles. The van der Waals surface area contributed by atoms with Crippen LogP contribution >= 0.6 is 11.6 Å². The molecule has 5 rings (SSSR count). The summed E-state index contributed by atoms with van der Waals surface area (Å²) in [6, 6.07) is 23.1. The third-order valence-electron chi connectivity index (χ3n) is 7.85. The van der Waals surface area contributed by atoms with E-state index >= 15 is 0 Å². The summed E-state index contributed by atoms with van der Waals surface area (Å²) in [5, 5.41) is 6.58. The Morgan fingerprint density at radius 2 is 1.67 bits per heavy atom. The van der Waals surface area contributed by atoms with Crippen molar-refractivity contribution in [2.45, 2.75) is 19.3 Å². The van der Waals surface area contributed by atoms with Crippen LogP contribution in [0.25, 0.3) is 0 Å². The molecular weight excluding hydrogens is 552 g/mol. The van der Waals surface area contributed by atoms with Gasteiger partial charge in [0.25, 0.3) is 11.8 Å². The Bertz CT molecular complexity index is 1310. The van der Waals surface area contributed by atoms with E-state index in [1.807, 2.05) is 12.1 Å². The Hall–Kier alpha value is -3.59. The van der Waals surface area contributed by atoms with Crippen molar-refractivity contribution < 1.29 is 19.1 Å². The first-order valence-electron chi connectivity index (χ1n) is 14.7. The molecule has 0 bridgehead atoms. The maximum atomic E-state index is 13.5. The average molecular weight is 591 g/mol. The van der Waals surface area contributed by atoms with Crippen molar-refractivity contribution in [1.29, 1.82) is 0 Å². The van der Waals surface area contributed by atoms with Crippen LogP contribution in [0.5, 0.6) is 5.75 Å². The van der Waals surface area contributed by atoms with E-state index in [0.717, 1.165) is 70.9 Å². The number of carbonyl (C=O) groups is 2. The van der Waals surface area contributed by atoms with Gasteiger partial charge in [-0.1, -0.05) is 41.9 Å². The summed E-state index contributed by atoms with van der Waals surface area (Å²) < 4.78 is 11.0. The molecule has 9 heteroatoms. The normalized spacial score (nSPS) is 16.2. The summed E-state index contributed by atoms with van der Waals surface area (Å²) in [4.78, 5) is 30.8. The van der Waals surface area contributed by atoms with E-state index in [4.69, 9.17) is 21.1 Å². The van der Waals surface area contributed by atoms with Gasteiger partial charge in [0, 0.05) is 55.7 Å². The highest BCUT2D eigenvalue weighted by Gasteiger charge is 2.24. The minimum absolute atomic E-state index is 0.141. The van der Waals surface area contributed by atoms with Gasteiger partial charge in [-0.25, -0.2) is 0 Å². The number of hydrogen-bond acceptors (Lipinski definition) is 6. The molecular formula is C33H39ClN4O4. The van der Waals surface area contributed by atoms with E-state index in [1.165, 1.54) is 5.56 Å². The van der Waals surface area contributed by atoms with Gasteiger partial charge in [0.1, 0.15) is 5.75 Å². The Balaban J connectivity index is 1.23. The highest BCUT2D eigenvalue weighted by molar-refractivity contribution is 6.30. The van der Waals surface area contributed by atoms with Gasteiger partial charge < -0.3 is 25.0 Å². The van der Waals surface area contributed by atoms with Gasteiger partial charge in [-0.15, -0.1) is 0 Å². The van der Waals surface area contributed by atoms with Crippen LogP contribution in [-0.2, 0) is 16.0 Å². The monoisotopic (exact) mass is 590 g/mol. The van der Waals surface area contributed by atoms with Crippen LogP contribution in [0.4, 0.5) is 11.4 Å². The first-order valence-corrected chi connectivity index (χ1v) is 15.1. The second-order valence-electron chi connectivity index (χ2n) is 10.9. The fraction of sp³-hybridized carbons (Fsp3) is 0.394. The number of rotatable bonds is 11. The van der Waals surface area contributed by atoms with Crippen molar-refractivity contribution in [3.05, 3.63) is 88.9 Å². The molecule has 0 atom stereocenters. The van der Waals surface area contributed by atoms with Crippen molar-refractivity contribution in [2.24, 2.45) is 5.92 Å². The molecule has 0 spiro atoms. The predicted molar refractivity (Wildman–Crippen MR) is 167 cm³/mol. The number of benzene rings is 3. The lowest BCUT2D eigenvalue weighted by atomic mass is 9.89. The first kappa shape index (κ1) is 29.9. The Morgan fingerprint density at radius 3 is 2.40 bits per heavy atom. The van der Waals surface area contributed by atoms with Crippen molar-refractivity contribution in [2.75, 3.05) is 69.3 Å². The Kier molecular flexibility index (Phi) is 10.7. The lowest BCUT2D eigenvalue weighted by Gasteiger charge is -2.35. The van der Waals surface area contributed by atoms with Gasteiger partial charge in [0.2, 0.25) is 0 Å². The number of piperidine rings is 1. The average Bonchev–Trinajstić information content (AvgIpc) is 3.02. The smallest absolute Gasteiger partial charge is 0.262 e. The first-order chi connectivity index (χ1) is 20.5. The van der Waals surface area contributed by atoms with Gasteiger partial charge in [-0.2, -0.15) is 0 Å². The van der Waals surface area contributed by atoms with E-state index in [9.17, 15) is 9.59 Å². The lowest BCUT2D eigenvalue weighted by molar-refractivity contribution is -0.118. The molecule has 2 aliphatic rings. The highest BCUT2D eigenvalue weighted by atomic mass is 35.5. The summed E-state index contributed by atoms with van der Waals surface area (Å²) in [7, 11) is 0. The fourth-order valence-electron chi connectivity index (χ4n) is 5.52. The minimum atomic E-state index is -0.307. The molecule has 2 heterocycles. The van der Waals surface area contributed by atoms with E-state index in [0.29, 0.717) is 34.5 Å². The van der Waals surface area contributed by atoms with Crippen LogP contribution in [0.3, 0.4) is 0 Å². The zero-order valence-corrected chi connectivity index (χ0v) is 24.7. The van der Waals surface area contributed by atoms with Gasteiger partial charge in [-0.3, -0.25) is 14.5 Å². The van der Waals surface area contributed by atoms with E-state index in [-0.39, 0.29) is 18.4 Å². The number of ether oxygens (including phenoxy) is 2. The molecule has 2 N–H and O–H groups in total. The van der Waals surface area contributed by atoms with Gasteiger partial charge in [-0.05, 0) is 73.2 Å². The number of hydrogen-bond donors (Lipinski definition) is 2. The number of nitrogens with one attached hydrogen (secondary N) is 2. The van der Waals surface area contributed by atoms with E-state index in [2.05, 4.69) is 50.8 Å².